The molecule has 1 fully saturated rings. The van der Waals surface area contributed by atoms with Gasteiger partial charge in [0.05, 0.1) is 12.5 Å². The van der Waals surface area contributed by atoms with Crippen molar-refractivity contribution < 1.29 is 4.79 Å². The van der Waals surface area contributed by atoms with Crippen molar-refractivity contribution >= 4 is 11.6 Å². The zero-order chi connectivity index (χ0) is 13.8. The number of nitrogens with one attached hydrogen (secondary N) is 1. The molecule has 0 aliphatic heterocycles. The number of hydrogen-bond donors (Lipinski definition) is 1. The molecule has 0 heterocycles. The molecule has 1 aromatic rings. The van der Waals surface area contributed by atoms with Gasteiger partial charge in [0, 0.05) is 30.9 Å². The zero-order valence-corrected chi connectivity index (χ0v) is 11.4. The summed E-state index contributed by atoms with van der Waals surface area (Å²) in [4.78, 5) is 14.3. The molecule has 4 heteroatoms. The lowest BCUT2D eigenvalue weighted by molar-refractivity contribution is 0.0747. The number of nitrogens with zero attached hydrogens (tertiary/aromatic N) is 2. The molecule has 1 aromatic carbocycles. The molecule has 0 saturated heterocycles. The summed E-state index contributed by atoms with van der Waals surface area (Å²) in [7, 11) is 1.87. The molecule has 1 aliphatic carbocycles. The molecule has 1 aliphatic rings. The highest BCUT2D eigenvalue weighted by Gasteiger charge is 2.32. The van der Waals surface area contributed by atoms with Crippen molar-refractivity contribution in [1.82, 2.24) is 4.90 Å². The molecule has 0 atom stereocenters. The summed E-state index contributed by atoms with van der Waals surface area (Å²) in [6.45, 7) is 2.52. The molecule has 1 amide bonds. The Morgan fingerprint density at radius 1 is 1.53 bits per heavy atom. The van der Waals surface area contributed by atoms with Crippen molar-refractivity contribution in [3.8, 4) is 6.07 Å². The van der Waals surface area contributed by atoms with Crippen LogP contribution >= 0.6 is 0 Å². The lowest BCUT2D eigenvalue weighted by atomic mass is 10.1. The summed E-state index contributed by atoms with van der Waals surface area (Å²) in [5, 5.41) is 11.8. The number of carbonyl (C=O) groups is 1. The number of hydrogen-bond acceptors (Lipinski definition) is 3. The number of nitriles is 1. The predicted molar refractivity (Wildman–Crippen MR) is 75.0 cm³/mol. The number of benzene rings is 1. The van der Waals surface area contributed by atoms with Gasteiger partial charge in [0.15, 0.2) is 0 Å². The molecule has 0 spiro atoms. The summed E-state index contributed by atoms with van der Waals surface area (Å²) in [6, 6.07) is 8.14. The molecule has 4 nitrogen and oxygen atoms in total. The number of aryl methyl sites for hydroxylation is 1. The van der Waals surface area contributed by atoms with Crippen molar-refractivity contribution in [2.24, 2.45) is 0 Å². The second-order valence-electron chi connectivity index (χ2n) is 4.92. The van der Waals surface area contributed by atoms with E-state index in [0.29, 0.717) is 24.6 Å². The fraction of sp³-hybridized carbons (Fsp3) is 0.467. The van der Waals surface area contributed by atoms with E-state index in [0.717, 1.165) is 24.1 Å². The number of carbonyl (C=O) groups excluding carboxylic acids is 1. The lowest BCUT2D eigenvalue weighted by Gasteiger charge is -2.21. The number of rotatable bonds is 5. The summed E-state index contributed by atoms with van der Waals surface area (Å²) in [5.41, 5.74) is 2.80. The number of amides is 1. The molecular formula is C15H19N3O. The highest BCUT2D eigenvalue weighted by Crippen LogP contribution is 2.29. The summed E-state index contributed by atoms with van der Waals surface area (Å²) in [6.07, 6.45) is 2.52. The molecule has 0 aromatic heterocycles. The minimum Gasteiger partial charge on any atom is -0.388 e. The van der Waals surface area contributed by atoms with Crippen LogP contribution in [0.2, 0.25) is 0 Å². The Balaban J connectivity index is 2.17. The van der Waals surface area contributed by atoms with Gasteiger partial charge in [-0.1, -0.05) is 0 Å². The van der Waals surface area contributed by atoms with Crippen molar-refractivity contribution in [3.63, 3.8) is 0 Å². The van der Waals surface area contributed by atoms with Crippen LogP contribution in [-0.2, 0) is 0 Å². The van der Waals surface area contributed by atoms with Crippen LogP contribution in [0.15, 0.2) is 18.2 Å². The van der Waals surface area contributed by atoms with Gasteiger partial charge in [-0.3, -0.25) is 4.79 Å². The summed E-state index contributed by atoms with van der Waals surface area (Å²) in [5.74, 6) is 0.0449. The first-order chi connectivity index (χ1) is 9.17. The third-order valence-corrected chi connectivity index (χ3v) is 3.46. The van der Waals surface area contributed by atoms with Crippen LogP contribution in [0.4, 0.5) is 5.69 Å². The van der Waals surface area contributed by atoms with Gasteiger partial charge < -0.3 is 10.2 Å². The predicted octanol–water partition coefficient (Wildman–Crippen LogP) is 2.56. The molecule has 0 radical (unpaired) electrons. The van der Waals surface area contributed by atoms with Crippen LogP contribution in [0.25, 0.3) is 0 Å². The minimum absolute atomic E-state index is 0.0449. The topological polar surface area (TPSA) is 56.1 Å². The maximum atomic E-state index is 12.5. The van der Waals surface area contributed by atoms with Crippen LogP contribution in [0.5, 0.6) is 0 Å². The van der Waals surface area contributed by atoms with E-state index in [1.807, 2.05) is 37.1 Å². The lowest BCUT2D eigenvalue weighted by Crippen LogP contribution is -2.33. The van der Waals surface area contributed by atoms with Gasteiger partial charge in [-0.15, -0.1) is 0 Å². The Bertz CT molecular complexity index is 515. The molecule has 1 N–H and O–H groups in total. The first-order valence-corrected chi connectivity index (χ1v) is 6.63. The van der Waals surface area contributed by atoms with Gasteiger partial charge in [0.2, 0.25) is 0 Å². The van der Waals surface area contributed by atoms with E-state index in [-0.39, 0.29) is 5.91 Å². The van der Waals surface area contributed by atoms with Crippen LogP contribution in [0.3, 0.4) is 0 Å². The third kappa shape index (κ3) is 3.05. The van der Waals surface area contributed by atoms with E-state index in [9.17, 15) is 4.79 Å². The third-order valence-electron chi connectivity index (χ3n) is 3.46. The van der Waals surface area contributed by atoms with E-state index in [4.69, 9.17) is 5.26 Å². The Kier molecular flexibility index (Phi) is 4.06. The Hall–Kier alpha value is -2.02. The molecule has 2 rings (SSSR count). The Labute approximate surface area is 114 Å². The van der Waals surface area contributed by atoms with Gasteiger partial charge in [-0.05, 0) is 43.5 Å². The van der Waals surface area contributed by atoms with Gasteiger partial charge in [-0.2, -0.15) is 5.26 Å². The van der Waals surface area contributed by atoms with E-state index in [1.165, 1.54) is 0 Å². The van der Waals surface area contributed by atoms with Crippen molar-refractivity contribution in [3.05, 3.63) is 29.3 Å². The second kappa shape index (κ2) is 5.75. The smallest absolute Gasteiger partial charge is 0.254 e. The standard InChI is InChI=1S/C15H19N3O/c1-11-10-12(4-7-14(11)17-2)15(19)18(9-3-8-16)13-5-6-13/h4,7,10,13,17H,3,5-6,9H2,1-2H3. The summed E-state index contributed by atoms with van der Waals surface area (Å²) >= 11 is 0. The average Bonchev–Trinajstić information content (AvgIpc) is 3.23. The van der Waals surface area contributed by atoms with Crippen molar-refractivity contribution in [1.29, 1.82) is 5.26 Å². The first kappa shape index (κ1) is 13.4. The van der Waals surface area contributed by atoms with E-state index in [2.05, 4.69) is 11.4 Å². The van der Waals surface area contributed by atoms with Crippen LogP contribution in [0.1, 0.15) is 35.2 Å². The zero-order valence-electron chi connectivity index (χ0n) is 11.4. The fourth-order valence-electron chi connectivity index (χ4n) is 2.25. The van der Waals surface area contributed by atoms with Crippen molar-refractivity contribution in [2.75, 3.05) is 18.9 Å². The van der Waals surface area contributed by atoms with Crippen molar-refractivity contribution in [2.45, 2.75) is 32.2 Å². The summed E-state index contributed by atoms with van der Waals surface area (Å²) < 4.78 is 0. The molecule has 100 valence electrons. The quantitative estimate of drug-likeness (QED) is 0.882. The molecule has 0 unspecified atom stereocenters. The molecular weight excluding hydrogens is 238 g/mol. The molecule has 1 saturated carbocycles. The Morgan fingerprint density at radius 2 is 2.26 bits per heavy atom. The monoisotopic (exact) mass is 257 g/mol. The van der Waals surface area contributed by atoms with Gasteiger partial charge in [0.25, 0.3) is 5.91 Å². The maximum absolute atomic E-state index is 12.5. The van der Waals surface area contributed by atoms with Crippen LogP contribution in [-0.4, -0.2) is 30.4 Å². The average molecular weight is 257 g/mol. The molecule has 0 bridgehead atoms. The fourth-order valence-corrected chi connectivity index (χ4v) is 2.25. The highest BCUT2D eigenvalue weighted by atomic mass is 16.2. The van der Waals surface area contributed by atoms with Gasteiger partial charge in [-0.25, -0.2) is 0 Å². The number of anilines is 1. The maximum Gasteiger partial charge on any atom is 0.254 e. The highest BCUT2D eigenvalue weighted by molar-refractivity contribution is 5.95. The first-order valence-electron chi connectivity index (χ1n) is 6.63. The Morgan fingerprint density at radius 3 is 2.79 bits per heavy atom. The normalized spacial score (nSPS) is 13.7. The van der Waals surface area contributed by atoms with Gasteiger partial charge >= 0.3 is 0 Å². The second-order valence-corrected chi connectivity index (χ2v) is 4.92. The van der Waals surface area contributed by atoms with E-state index in [1.54, 1.807) is 0 Å². The minimum atomic E-state index is 0.0449. The van der Waals surface area contributed by atoms with E-state index < -0.39 is 0 Å². The molecule has 19 heavy (non-hydrogen) atoms. The van der Waals surface area contributed by atoms with E-state index >= 15 is 0 Å². The van der Waals surface area contributed by atoms with Gasteiger partial charge in [0.1, 0.15) is 0 Å². The SMILES string of the molecule is CNc1ccc(C(=O)N(CCC#N)C2CC2)cc1C. The van der Waals surface area contributed by atoms with Crippen LogP contribution < -0.4 is 5.32 Å². The largest absolute Gasteiger partial charge is 0.388 e. The van der Waals surface area contributed by atoms with Crippen LogP contribution in [0, 0.1) is 18.3 Å².